The van der Waals surface area contributed by atoms with Crippen molar-refractivity contribution in [2.24, 2.45) is 0 Å². The van der Waals surface area contributed by atoms with Gasteiger partial charge in [-0.2, -0.15) is 9.37 Å². The fourth-order valence-corrected chi connectivity index (χ4v) is 1.13. The van der Waals surface area contributed by atoms with E-state index in [1.165, 1.54) is 6.07 Å². The van der Waals surface area contributed by atoms with Crippen LogP contribution in [0, 0.1) is 15.9 Å². The second-order valence-corrected chi connectivity index (χ2v) is 3.01. The molecule has 88 valence electrons. The molecule has 0 atom stereocenters. The van der Waals surface area contributed by atoms with Gasteiger partial charge in [-0.1, -0.05) is 5.16 Å². The number of hydrogen-bond acceptors (Lipinski definition) is 6. The first kappa shape index (κ1) is 11.0. The highest BCUT2D eigenvalue weighted by atomic mass is 19.1. The first-order valence-corrected chi connectivity index (χ1v) is 4.49. The minimum Gasteiger partial charge on any atom is -0.485 e. The monoisotopic (exact) mass is 239 g/mol. The molecule has 0 N–H and O–H groups in total. The quantitative estimate of drug-likeness (QED) is 0.595. The molecule has 0 aliphatic heterocycles. The third kappa shape index (κ3) is 2.54. The molecule has 0 aliphatic carbocycles. The van der Waals surface area contributed by atoms with Crippen LogP contribution in [0.1, 0.15) is 5.82 Å². The summed E-state index contributed by atoms with van der Waals surface area (Å²) in [4.78, 5) is 13.3. The van der Waals surface area contributed by atoms with Crippen LogP contribution in [0.25, 0.3) is 0 Å². The topological polar surface area (TPSA) is 91.3 Å². The smallest absolute Gasteiger partial charge is 0.305 e. The fourth-order valence-electron chi connectivity index (χ4n) is 1.13. The summed E-state index contributed by atoms with van der Waals surface area (Å²) in [6, 6.07) is 3.25. The van der Waals surface area contributed by atoms with Crippen LogP contribution in [0.15, 0.2) is 29.1 Å². The molecule has 0 unspecified atom stereocenters. The van der Waals surface area contributed by atoms with E-state index in [2.05, 4.69) is 14.7 Å². The zero-order chi connectivity index (χ0) is 12.3. The van der Waals surface area contributed by atoms with Crippen LogP contribution in [0.3, 0.4) is 0 Å². The summed E-state index contributed by atoms with van der Waals surface area (Å²) in [7, 11) is 0. The zero-order valence-corrected chi connectivity index (χ0v) is 8.37. The van der Waals surface area contributed by atoms with Gasteiger partial charge in [0.1, 0.15) is 5.75 Å². The van der Waals surface area contributed by atoms with Crippen molar-refractivity contribution in [2.75, 3.05) is 0 Å². The number of nitro groups is 1. The molecule has 2 aromatic rings. The van der Waals surface area contributed by atoms with Crippen LogP contribution in [0.2, 0.25) is 0 Å². The molecule has 0 aliphatic rings. The number of ether oxygens (including phenoxy) is 1. The third-order valence-electron chi connectivity index (χ3n) is 1.89. The minimum atomic E-state index is -0.958. The van der Waals surface area contributed by atoms with Crippen LogP contribution in [-0.2, 0) is 6.61 Å². The molecule has 0 radical (unpaired) electrons. The van der Waals surface area contributed by atoms with Crippen LogP contribution in [-0.4, -0.2) is 15.1 Å². The summed E-state index contributed by atoms with van der Waals surface area (Å²) in [5, 5.41) is 13.9. The molecular weight excluding hydrogens is 233 g/mol. The first-order chi connectivity index (χ1) is 8.16. The van der Waals surface area contributed by atoms with Gasteiger partial charge in [-0.3, -0.25) is 10.1 Å². The summed E-state index contributed by atoms with van der Waals surface area (Å²) in [5.41, 5.74) is -0.600. The summed E-state index contributed by atoms with van der Waals surface area (Å²) in [6.07, 6.45) is 1.13. The normalized spacial score (nSPS) is 10.2. The highest BCUT2D eigenvalue weighted by Gasteiger charge is 2.14. The number of halogens is 1. The molecule has 0 spiro atoms. The average Bonchev–Trinajstić information content (AvgIpc) is 2.78. The van der Waals surface area contributed by atoms with Gasteiger partial charge in [0.05, 0.1) is 4.92 Å². The predicted molar refractivity (Wildman–Crippen MR) is 51.7 cm³/mol. The maximum Gasteiger partial charge on any atom is 0.305 e. The van der Waals surface area contributed by atoms with Gasteiger partial charge in [-0.05, 0) is 6.07 Å². The maximum atomic E-state index is 13.2. The number of aromatic nitrogens is 2. The Hall–Kier alpha value is -2.51. The van der Waals surface area contributed by atoms with Crippen molar-refractivity contribution in [3.63, 3.8) is 0 Å². The number of rotatable bonds is 4. The van der Waals surface area contributed by atoms with Gasteiger partial charge in [0, 0.05) is 12.1 Å². The average molecular weight is 239 g/mol. The van der Waals surface area contributed by atoms with Crippen molar-refractivity contribution in [3.8, 4) is 5.75 Å². The molecule has 0 fully saturated rings. The van der Waals surface area contributed by atoms with Crippen LogP contribution >= 0.6 is 0 Å². The lowest BCUT2D eigenvalue weighted by atomic mass is 10.3. The fraction of sp³-hybridized carbons (Fsp3) is 0.111. The molecule has 1 heterocycles. The van der Waals surface area contributed by atoms with Gasteiger partial charge >= 0.3 is 5.69 Å². The van der Waals surface area contributed by atoms with Gasteiger partial charge < -0.3 is 9.26 Å². The van der Waals surface area contributed by atoms with Gasteiger partial charge in [-0.15, -0.1) is 0 Å². The Balaban J connectivity index is 2.07. The number of benzene rings is 1. The van der Waals surface area contributed by atoms with Crippen molar-refractivity contribution in [1.29, 1.82) is 0 Å². The Bertz CT molecular complexity index is 529. The highest BCUT2D eigenvalue weighted by Crippen LogP contribution is 2.22. The van der Waals surface area contributed by atoms with Crippen molar-refractivity contribution >= 4 is 5.69 Å². The van der Waals surface area contributed by atoms with E-state index in [4.69, 9.17) is 4.74 Å². The molecule has 0 saturated carbocycles. The molecule has 2 rings (SSSR count). The third-order valence-corrected chi connectivity index (χ3v) is 1.89. The SMILES string of the molecule is O=[N+]([O-])c1ccc(OCc2ncon2)cc1F. The molecule has 1 aromatic heterocycles. The Kier molecular flexibility index (Phi) is 2.95. The summed E-state index contributed by atoms with van der Waals surface area (Å²) >= 11 is 0. The van der Waals surface area contributed by atoms with E-state index in [0.717, 1.165) is 18.5 Å². The second kappa shape index (κ2) is 4.56. The zero-order valence-electron chi connectivity index (χ0n) is 8.37. The lowest BCUT2D eigenvalue weighted by Gasteiger charge is -2.02. The van der Waals surface area contributed by atoms with Gasteiger partial charge in [0.15, 0.2) is 6.61 Å². The van der Waals surface area contributed by atoms with Gasteiger partial charge in [0.2, 0.25) is 18.0 Å². The number of nitro benzene ring substituents is 1. The van der Waals surface area contributed by atoms with Crippen LogP contribution in [0.4, 0.5) is 10.1 Å². The van der Waals surface area contributed by atoms with Crippen molar-refractivity contribution in [1.82, 2.24) is 10.1 Å². The van der Waals surface area contributed by atoms with E-state index in [1.54, 1.807) is 0 Å². The standard InChI is InChI=1S/C9H6FN3O4/c10-7-3-6(1-2-8(7)13(14)15)16-4-9-11-5-17-12-9/h1-3,5H,4H2. The summed E-state index contributed by atoms with van der Waals surface area (Å²) < 4.78 is 22.8. The lowest BCUT2D eigenvalue weighted by molar-refractivity contribution is -0.387. The molecule has 0 bridgehead atoms. The summed E-state index contributed by atoms with van der Waals surface area (Å²) in [6.45, 7) is -0.00620. The van der Waals surface area contributed by atoms with E-state index in [-0.39, 0.29) is 12.4 Å². The Labute approximate surface area is 94.0 Å². The maximum absolute atomic E-state index is 13.2. The lowest BCUT2D eigenvalue weighted by Crippen LogP contribution is -1.99. The first-order valence-electron chi connectivity index (χ1n) is 4.49. The van der Waals surface area contributed by atoms with Gasteiger partial charge in [0.25, 0.3) is 0 Å². The number of nitrogens with zero attached hydrogens (tertiary/aromatic N) is 3. The predicted octanol–water partition coefficient (Wildman–Crippen LogP) is 1.70. The van der Waals surface area contributed by atoms with Crippen molar-refractivity contribution < 1.29 is 18.6 Å². The van der Waals surface area contributed by atoms with E-state index < -0.39 is 16.4 Å². The largest absolute Gasteiger partial charge is 0.485 e. The summed E-state index contributed by atoms with van der Waals surface area (Å²) in [5.74, 6) is -0.512. The van der Waals surface area contributed by atoms with Crippen LogP contribution < -0.4 is 4.74 Å². The molecule has 7 nitrogen and oxygen atoms in total. The Morgan fingerprint density at radius 1 is 1.53 bits per heavy atom. The minimum absolute atomic E-state index is 0.00620. The van der Waals surface area contributed by atoms with E-state index in [9.17, 15) is 14.5 Å². The molecule has 1 aromatic carbocycles. The van der Waals surface area contributed by atoms with Crippen LogP contribution in [0.5, 0.6) is 5.75 Å². The van der Waals surface area contributed by atoms with Gasteiger partial charge in [-0.25, -0.2) is 0 Å². The Morgan fingerprint density at radius 2 is 2.35 bits per heavy atom. The number of hydrogen-bond donors (Lipinski definition) is 0. The Morgan fingerprint density at radius 3 is 2.94 bits per heavy atom. The van der Waals surface area contributed by atoms with E-state index in [1.807, 2.05) is 0 Å². The van der Waals surface area contributed by atoms with Crippen molar-refractivity contribution in [2.45, 2.75) is 6.61 Å². The molecule has 17 heavy (non-hydrogen) atoms. The molecule has 8 heteroatoms. The highest BCUT2D eigenvalue weighted by molar-refractivity contribution is 5.37. The van der Waals surface area contributed by atoms with Crippen molar-refractivity contribution in [3.05, 3.63) is 46.3 Å². The molecule has 0 saturated heterocycles. The second-order valence-electron chi connectivity index (χ2n) is 3.01. The van der Waals surface area contributed by atoms with E-state index in [0.29, 0.717) is 5.82 Å². The molecule has 0 amide bonds. The van der Waals surface area contributed by atoms with E-state index >= 15 is 0 Å². The molecular formula is C9H6FN3O4.